The lowest BCUT2D eigenvalue weighted by molar-refractivity contribution is -0.121. The first kappa shape index (κ1) is 14.7. The zero-order chi connectivity index (χ0) is 14.7. The number of aryl methyl sites for hydroxylation is 1. The van der Waals surface area contributed by atoms with Crippen molar-refractivity contribution in [3.05, 3.63) is 33.8 Å². The van der Waals surface area contributed by atoms with Crippen molar-refractivity contribution in [3.63, 3.8) is 0 Å². The Balaban J connectivity index is 2.12. The highest BCUT2D eigenvalue weighted by Gasteiger charge is 2.12. The third-order valence-electron chi connectivity index (χ3n) is 3.21. The van der Waals surface area contributed by atoms with Crippen LogP contribution in [0.25, 0.3) is 11.1 Å². The van der Waals surface area contributed by atoms with Gasteiger partial charge in [-0.05, 0) is 25.5 Å². The van der Waals surface area contributed by atoms with Crippen molar-refractivity contribution in [1.82, 2.24) is 9.88 Å². The Hall–Kier alpha value is -1.75. The Labute approximate surface area is 121 Å². The molecule has 0 aliphatic carbocycles. The van der Waals surface area contributed by atoms with Crippen molar-refractivity contribution >= 4 is 28.6 Å². The van der Waals surface area contributed by atoms with Gasteiger partial charge in [-0.2, -0.15) is 0 Å². The zero-order valence-corrected chi connectivity index (χ0v) is 12.2. The lowest BCUT2D eigenvalue weighted by atomic mass is 10.2. The molecule has 6 heteroatoms. The van der Waals surface area contributed by atoms with Gasteiger partial charge < -0.3 is 9.73 Å². The number of carbonyl (C=O) groups excluding carboxylic acids is 1. The summed E-state index contributed by atoms with van der Waals surface area (Å²) < 4.78 is 6.55. The Kier molecular flexibility index (Phi) is 4.49. The Bertz CT molecular complexity index is 675. The van der Waals surface area contributed by atoms with E-state index in [9.17, 15) is 9.59 Å². The molecule has 1 aromatic heterocycles. The highest BCUT2D eigenvalue weighted by atomic mass is 35.5. The fourth-order valence-corrected chi connectivity index (χ4v) is 2.08. The van der Waals surface area contributed by atoms with E-state index in [4.69, 9.17) is 16.0 Å². The predicted molar refractivity (Wildman–Crippen MR) is 78.0 cm³/mol. The molecule has 0 spiro atoms. The first-order valence-electron chi connectivity index (χ1n) is 6.59. The molecule has 0 radical (unpaired) electrons. The molecule has 0 fully saturated rings. The van der Waals surface area contributed by atoms with Gasteiger partial charge in [0.05, 0.1) is 5.52 Å². The topological polar surface area (TPSA) is 64.2 Å². The molecule has 0 saturated carbocycles. The van der Waals surface area contributed by atoms with E-state index < -0.39 is 5.76 Å². The van der Waals surface area contributed by atoms with Gasteiger partial charge in [0.25, 0.3) is 0 Å². The van der Waals surface area contributed by atoms with Crippen molar-refractivity contribution < 1.29 is 9.21 Å². The molecule has 108 valence electrons. The van der Waals surface area contributed by atoms with Gasteiger partial charge in [0.15, 0.2) is 5.58 Å². The maximum atomic E-state index is 11.8. The largest absolute Gasteiger partial charge is 0.419 e. The fourth-order valence-electron chi connectivity index (χ4n) is 1.91. The summed E-state index contributed by atoms with van der Waals surface area (Å²) in [7, 11) is 0. The summed E-state index contributed by atoms with van der Waals surface area (Å²) in [6.45, 7) is 4.23. The summed E-state index contributed by atoms with van der Waals surface area (Å²) in [5.41, 5.74) is 1.08. The first-order valence-corrected chi connectivity index (χ1v) is 6.97. The van der Waals surface area contributed by atoms with Gasteiger partial charge in [0.2, 0.25) is 5.91 Å². The smallest absolute Gasteiger partial charge is 0.408 e. The van der Waals surface area contributed by atoms with Crippen molar-refractivity contribution in [1.29, 1.82) is 0 Å². The molecular formula is C14H17ClN2O3. The summed E-state index contributed by atoms with van der Waals surface area (Å²) in [5, 5.41) is 3.37. The average molecular weight is 297 g/mol. The standard InChI is InChI=1S/C14H17ClN2O3/c1-3-9(2)16-13(18)6-7-17-11-5-4-10(15)8-12(11)20-14(17)19/h4-5,8-9H,3,6-7H2,1-2H3,(H,16,18)/t9-/m0/s1. The molecule has 1 N–H and O–H groups in total. The number of rotatable bonds is 5. The Morgan fingerprint density at radius 3 is 2.95 bits per heavy atom. The predicted octanol–water partition coefficient (Wildman–Crippen LogP) is 2.55. The molecule has 2 aromatic rings. The third kappa shape index (κ3) is 3.22. The summed E-state index contributed by atoms with van der Waals surface area (Å²) in [6, 6.07) is 5.14. The van der Waals surface area contributed by atoms with Crippen LogP contribution in [0.15, 0.2) is 27.4 Å². The summed E-state index contributed by atoms with van der Waals surface area (Å²) in [4.78, 5) is 23.5. The minimum atomic E-state index is -0.474. The molecule has 0 aliphatic heterocycles. The van der Waals surface area contributed by atoms with E-state index in [1.165, 1.54) is 4.57 Å². The lowest BCUT2D eigenvalue weighted by Crippen LogP contribution is -2.33. The van der Waals surface area contributed by atoms with Crippen LogP contribution in [-0.2, 0) is 11.3 Å². The number of carbonyl (C=O) groups is 1. The van der Waals surface area contributed by atoms with Gasteiger partial charge in [0, 0.05) is 30.1 Å². The minimum absolute atomic E-state index is 0.0745. The summed E-state index contributed by atoms with van der Waals surface area (Å²) in [6.07, 6.45) is 1.11. The van der Waals surface area contributed by atoms with Gasteiger partial charge in [-0.3, -0.25) is 9.36 Å². The molecule has 0 saturated heterocycles. The van der Waals surface area contributed by atoms with Crippen LogP contribution in [0, 0.1) is 0 Å². The van der Waals surface area contributed by atoms with Crippen LogP contribution in [0.1, 0.15) is 26.7 Å². The maximum Gasteiger partial charge on any atom is 0.419 e. The number of benzene rings is 1. The first-order chi connectivity index (χ1) is 9.51. The second-order valence-electron chi connectivity index (χ2n) is 4.76. The molecule has 5 nitrogen and oxygen atoms in total. The van der Waals surface area contributed by atoms with Crippen LogP contribution in [-0.4, -0.2) is 16.5 Å². The van der Waals surface area contributed by atoms with Gasteiger partial charge in [-0.15, -0.1) is 0 Å². The summed E-state index contributed by atoms with van der Waals surface area (Å²) >= 11 is 5.85. The monoisotopic (exact) mass is 296 g/mol. The van der Waals surface area contributed by atoms with Gasteiger partial charge in [-0.1, -0.05) is 18.5 Å². The van der Waals surface area contributed by atoms with Crippen molar-refractivity contribution in [3.8, 4) is 0 Å². The molecule has 1 heterocycles. The van der Waals surface area contributed by atoms with E-state index in [-0.39, 0.29) is 24.9 Å². The van der Waals surface area contributed by atoms with Crippen molar-refractivity contribution in [2.24, 2.45) is 0 Å². The minimum Gasteiger partial charge on any atom is -0.408 e. The van der Waals surface area contributed by atoms with Crippen LogP contribution >= 0.6 is 11.6 Å². The Morgan fingerprint density at radius 2 is 2.25 bits per heavy atom. The average Bonchev–Trinajstić information content (AvgIpc) is 2.70. The number of nitrogens with zero attached hydrogens (tertiary/aromatic N) is 1. The number of nitrogens with one attached hydrogen (secondary N) is 1. The number of aromatic nitrogens is 1. The Morgan fingerprint density at radius 1 is 1.50 bits per heavy atom. The molecule has 0 bridgehead atoms. The molecule has 1 aromatic carbocycles. The second-order valence-corrected chi connectivity index (χ2v) is 5.19. The second kappa shape index (κ2) is 6.13. The molecule has 20 heavy (non-hydrogen) atoms. The summed E-state index contributed by atoms with van der Waals surface area (Å²) in [5.74, 6) is -0.548. The van der Waals surface area contributed by atoms with Crippen molar-refractivity contribution in [2.45, 2.75) is 39.3 Å². The third-order valence-corrected chi connectivity index (χ3v) is 3.45. The van der Waals surface area contributed by atoms with Crippen LogP contribution < -0.4 is 11.1 Å². The van der Waals surface area contributed by atoms with E-state index in [1.807, 2.05) is 13.8 Å². The van der Waals surface area contributed by atoms with E-state index in [2.05, 4.69) is 5.32 Å². The highest BCUT2D eigenvalue weighted by Crippen LogP contribution is 2.18. The van der Waals surface area contributed by atoms with E-state index in [0.29, 0.717) is 16.1 Å². The van der Waals surface area contributed by atoms with E-state index in [1.54, 1.807) is 18.2 Å². The molecular weight excluding hydrogens is 280 g/mol. The number of hydrogen-bond donors (Lipinski definition) is 1. The number of halogens is 1. The van der Waals surface area contributed by atoms with Gasteiger partial charge in [-0.25, -0.2) is 4.79 Å². The number of hydrogen-bond acceptors (Lipinski definition) is 3. The number of oxazole rings is 1. The quantitative estimate of drug-likeness (QED) is 0.922. The van der Waals surface area contributed by atoms with E-state index >= 15 is 0 Å². The van der Waals surface area contributed by atoms with Gasteiger partial charge in [0.1, 0.15) is 0 Å². The zero-order valence-electron chi connectivity index (χ0n) is 11.5. The lowest BCUT2D eigenvalue weighted by Gasteiger charge is -2.11. The molecule has 1 atom stereocenters. The maximum absolute atomic E-state index is 11.8. The van der Waals surface area contributed by atoms with Crippen LogP contribution in [0.3, 0.4) is 0 Å². The molecule has 1 amide bonds. The highest BCUT2D eigenvalue weighted by molar-refractivity contribution is 6.31. The van der Waals surface area contributed by atoms with Crippen LogP contribution in [0.4, 0.5) is 0 Å². The number of amides is 1. The van der Waals surface area contributed by atoms with Crippen molar-refractivity contribution in [2.75, 3.05) is 0 Å². The molecule has 2 rings (SSSR count). The molecule has 0 unspecified atom stereocenters. The normalized spacial score (nSPS) is 12.6. The van der Waals surface area contributed by atoms with Gasteiger partial charge >= 0.3 is 5.76 Å². The fraction of sp³-hybridized carbons (Fsp3) is 0.429. The van der Waals surface area contributed by atoms with Crippen LogP contribution in [0.2, 0.25) is 5.02 Å². The van der Waals surface area contributed by atoms with E-state index in [0.717, 1.165) is 6.42 Å². The number of fused-ring (bicyclic) bond motifs is 1. The SMILES string of the molecule is CC[C@H](C)NC(=O)CCn1c(=O)oc2cc(Cl)ccc21. The van der Waals surface area contributed by atoms with Crippen LogP contribution in [0.5, 0.6) is 0 Å². The molecule has 0 aliphatic rings.